The first kappa shape index (κ1) is 20.7. The standard InChI is InChI=1S/C23H23ClN2O3/c1-15-4-13-21(26(15)14-17-5-11-20(24)12-6-17)22(27)25-16(2)18-7-9-19(10-8-18)23(28)29-3/h4-13,16H,14H2,1-3H3,(H,25,27)/t16-/m0/s1. The Morgan fingerprint density at radius 3 is 2.31 bits per heavy atom. The number of rotatable bonds is 6. The number of hydrogen-bond donors (Lipinski definition) is 1. The number of esters is 1. The topological polar surface area (TPSA) is 60.3 Å². The molecule has 0 unspecified atom stereocenters. The molecule has 0 saturated carbocycles. The first-order valence-corrected chi connectivity index (χ1v) is 9.66. The Labute approximate surface area is 175 Å². The van der Waals surface area contributed by atoms with Crippen molar-refractivity contribution in [3.05, 3.63) is 93.8 Å². The van der Waals surface area contributed by atoms with Gasteiger partial charge in [0.1, 0.15) is 5.69 Å². The van der Waals surface area contributed by atoms with E-state index in [0.717, 1.165) is 16.8 Å². The molecule has 0 bridgehead atoms. The molecule has 150 valence electrons. The van der Waals surface area contributed by atoms with E-state index in [0.29, 0.717) is 22.8 Å². The Hall–Kier alpha value is -3.05. The van der Waals surface area contributed by atoms with Crippen molar-refractivity contribution in [3.8, 4) is 0 Å². The fourth-order valence-corrected chi connectivity index (χ4v) is 3.26. The molecule has 1 amide bonds. The van der Waals surface area contributed by atoms with E-state index < -0.39 is 0 Å². The van der Waals surface area contributed by atoms with Crippen molar-refractivity contribution >= 4 is 23.5 Å². The van der Waals surface area contributed by atoms with Crippen molar-refractivity contribution in [1.82, 2.24) is 9.88 Å². The number of ether oxygens (including phenoxy) is 1. The van der Waals surface area contributed by atoms with E-state index in [9.17, 15) is 9.59 Å². The Morgan fingerprint density at radius 2 is 1.69 bits per heavy atom. The molecule has 1 atom stereocenters. The molecule has 1 N–H and O–H groups in total. The molecule has 3 rings (SSSR count). The van der Waals surface area contributed by atoms with Crippen LogP contribution in [0.5, 0.6) is 0 Å². The minimum absolute atomic E-state index is 0.156. The average molecular weight is 411 g/mol. The third-order valence-electron chi connectivity index (χ3n) is 4.86. The summed E-state index contributed by atoms with van der Waals surface area (Å²) < 4.78 is 6.69. The van der Waals surface area contributed by atoms with E-state index in [2.05, 4.69) is 5.32 Å². The second-order valence-corrected chi connectivity index (χ2v) is 7.32. The highest BCUT2D eigenvalue weighted by molar-refractivity contribution is 6.30. The van der Waals surface area contributed by atoms with Crippen LogP contribution >= 0.6 is 11.6 Å². The van der Waals surface area contributed by atoms with Crippen LogP contribution in [0.2, 0.25) is 5.02 Å². The minimum Gasteiger partial charge on any atom is -0.465 e. The van der Waals surface area contributed by atoms with Crippen LogP contribution in [0.3, 0.4) is 0 Å². The number of carbonyl (C=O) groups is 2. The van der Waals surface area contributed by atoms with Crippen molar-refractivity contribution in [2.24, 2.45) is 0 Å². The lowest BCUT2D eigenvalue weighted by Gasteiger charge is -2.17. The van der Waals surface area contributed by atoms with Crippen LogP contribution in [-0.2, 0) is 11.3 Å². The molecular weight excluding hydrogens is 388 g/mol. The number of methoxy groups -OCH3 is 1. The zero-order valence-corrected chi connectivity index (χ0v) is 17.4. The van der Waals surface area contributed by atoms with E-state index in [1.54, 1.807) is 12.1 Å². The molecule has 1 aromatic heterocycles. The van der Waals surface area contributed by atoms with Crippen molar-refractivity contribution in [2.45, 2.75) is 26.4 Å². The maximum Gasteiger partial charge on any atom is 0.337 e. The lowest BCUT2D eigenvalue weighted by Crippen LogP contribution is -2.29. The van der Waals surface area contributed by atoms with Gasteiger partial charge in [-0.3, -0.25) is 4.79 Å². The summed E-state index contributed by atoms with van der Waals surface area (Å²) in [7, 11) is 1.35. The Kier molecular flexibility index (Phi) is 6.39. The maximum absolute atomic E-state index is 12.9. The molecule has 2 aromatic carbocycles. The molecule has 3 aromatic rings. The summed E-state index contributed by atoms with van der Waals surface area (Å²) in [4.78, 5) is 24.5. The SMILES string of the molecule is COC(=O)c1ccc([C@H](C)NC(=O)c2ccc(C)n2Cc2ccc(Cl)cc2)cc1. The number of benzene rings is 2. The molecule has 0 saturated heterocycles. The van der Waals surface area contributed by atoms with Gasteiger partial charge in [-0.25, -0.2) is 4.79 Å². The number of aryl methyl sites for hydroxylation is 1. The van der Waals surface area contributed by atoms with Crippen LogP contribution in [-0.4, -0.2) is 23.6 Å². The van der Waals surface area contributed by atoms with Crippen LogP contribution in [0.15, 0.2) is 60.7 Å². The van der Waals surface area contributed by atoms with Gasteiger partial charge in [0.25, 0.3) is 5.91 Å². The number of halogens is 1. The van der Waals surface area contributed by atoms with Gasteiger partial charge in [-0.1, -0.05) is 35.9 Å². The van der Waals surface area contributed by atoms with E-state index >= 15 is 0 Å². The van der Waals surface area contributed by atoms with Crippen LogP contribution in [0, 0.1) is 6.92 Å². The summed E-state index contributed by atoms with van der Waals surface area (Å²) in [5.74, 6) is -0.541. The highest BCUT2D eigenvalue weighted by atomic mass is 35.5. The predicted octanol–water partition coefficient (Wildman–Crippen LogP) is 4.78. The zero-order valence-electron chi connectivity index (χ0n) is 16.6. The number of nitrogens with zero attached hydrogens (tertiary/aromatic N) is 1. The van der Waals surface area contributed by atoms with E-state index in [1.165, 1.54) is 7.11 Å². The smallest absolute Gasteiger partial charge is 0.337 e. The second kappa shape index (κ2) is 8.97. The quantitative estimate of drug-likeness (QED) is 0.595. The Bertz CT molecular complexity index is 1010. The lowest BCUT2D eigenvalue weighted by atomic mass is 10.1. The van der Waals surface area contributed by atoms with Crippen molar-refractivity contribution in [1.29, 1.82) is 0 Å². The number of hydrogen-bond acceptors (Lipinski definition) is 3. The van der Waals surface area contributed by atoms with E-state index in [-0.39, 0.29) is 17.9 Å². The molecule has 0 aliphatic heterocycles. The number of carbonyl (C=O) groups excluding carboxylic acids is 2. The number of nitrogens with one attached hydrogen (secondary N) is 1. The maximum atomic E-state index is 12.9. The third-order valence-corrected chi connectivity index (χ3v) is 5.12. The molecule has 0 aliphatic carbocycles. The van der Waals surface area contributed by atoms with Gasteiger partial charge in [-0.2, -0.15) is 0 Å². The monoisotopic (exact) mass is 410 g/mol. The predicted molar refractivity (Wildman–Crippen MR) is 113 cm³/mol. The van der Waals surface area contributed by atoms with Gasteiger partial charge < -0.3 is 14.6 Å². The molecule has 1 heterocycles. The summed E-state index contributed by atoms with van der Waals surface area (Å²) in [6.45, 7) is 4.47. The fourth-order valence-electron chi connectivity index (χ4n) is 3.13. The average Bonchev–Trinajstić information content (AvgIpc) is 3.09. The van der Waals surface area contributed by atoms with Gasteiger partial charge in [-0.05, 0) is 61.4 Å². The summed E-state index contributed by atoms with van der Waals surface area (Å²) in [6, 6.07) is 18.1. The van der Waals surface area contributed by atoms with Crippen molar-refractivity contribution < 1.29 is 14.3 Å². The first-order chi connectivity index (χ1) is 13.9. The molecule has 29 heavy (non-hydrogen) atoms. The minimum atomic E-state index is -0.385. The first-order valence-electron chi connectivity index (χ1n) is 9.28. The van der Waals surface area contributed by atoms with Crippen molar-refractivity contribution in [2.75, 3.05) is 7.11 Å². The summed E-state index contributed by atoms with van der Waals surface area (Å²) in [6.07, 6.45) is 0. The van der Waals surface area contributed by atoms with Crippen LogP contribution in [0.1, 0.15) is 50.6 Å². The fraction of sp³-hybridized carbons (Fsp3) is 0.217. The number of aromatic nitrogens is 1. The number of amides is 1. The van der Waals surface area contributed by atoms with Gasteiger partial charge in [0.05, 0.1) is 18.7 Å². The molecule has 0 fully saturated rings. The molecule has 5 nitrogen and oxygen atoms in total. The Morgan fingerprint density at radius 1 is 1.03 bits per heavy atom. The lowest BCUT2D eigenvalue weighted by molar-refractivity contribution is 0.0600. The van der Waals surface area contributed by atoms with Gasteiger partial charge in [-0.15, -0.1) is 0 Å². The molecule has 0 aliphatic rings. The molecular formula is C23H23ClN2O3. The third kappa shape index (κ3) is 4.87. The molecule has 0 radical (unpaired) electrons. The van der Waals surface area contributed by atoms with Crippen molar-refractivity contribution in [3.63, 3.8) is 0 Å². The van der Waals surface area contributed by atoms with Crippen LogP contribution < -0.4 is 5.32 Å². The van der Waals surface area contributed by atoms with Gasteiger partial charge in [0, 0.05) is 17.3 Å². The zero-order chi connectivity index (χ0) is 21.0. The van der Waals surface area contributed by atoms with Gasteiger partial charge in [0.15, 0.2) is 0 Å². The normalized spacial score (nSPS) is 11.7. The molecule has 6 heteroatoms. The summed E-state index contributed by atoms with van der Waals surface area (Å²) >= 11 is 5.96. The van der Waals surface area contributed by atoms with Gasteiger partial charge >= 0.3 is 5.97 Å². The van der Waals surface area contributed by atoms with E-state index in [1.807, 2.05) is 66.9 Å². The summed E-state index contributed by atoms with van der Waals surface area (Å²) in [5.41, 5.74) is 4.03. The Balaban J connectivity index is 1.73. The second-order valence-electron chi connectivity index (χ2n) is 6.88. The van der Waals surface area contributed by atoms with E-state index in [4.69, 9.17) is 16.3 Å². The highest BCUT2D eigenvalue weighted by Gasteiger charge is 2.17. The summed E-state index contributed by atoms with van der Waals surface area (Å²) in [5, 5.41) is 3.71. The van der Waals surface area contributed by atoms with Crippen LogP contribution in [0.25, 0.3) is 0 Å². The van der Waals surface area contributed by atoms with Gasteiger partial charge in [0.2, 0.25) is 0 Å². The van der Waals surface area contributed by atoms with Crippen LogP contribution in [0.4, 0.5) is 0 Å². The highest BCUT2D eigenvalue weighted by Crippen LogP contribution is 2.18. The largest absolute Gasteiger partial charge is 0.465 e. The molecule has 0 spiro atoms.